The van der Waals surface area contributed by atoms with Crippen LogP contribution in [0.1, 0.15) is 0 Å². The molecule has 0 atom stereocenters. The fourth-order valence-electron chi connectivity index (χ4n) is 2.61. The average molecular weight is 260 g/mol. The molecule has 0 N–H and O–H groups in total. The van der Waals surface area contributed by atoms with Gasteiger partial charge in [0.25, 0.3) is 11.8 Å². The highest BCUT2D eigenvalue weighted by Crippen LogP contribution is 2.16. The van der Waals surface area contributed by atoms with Gasteiger partial charge in [0.2, 0.25) is 0 Å². The number of carbonyl (C=O) groups is 2. The summed E-state index contributed by atoms with van der Waals surface area (Å²) in [5.41, 5.74) is 0.721. The highest BCUT2D eigenvalue weighted by atomic mass is 16.2. The van der Waals surface area contributed by atoms with Crippen LogP contribution in [0.2, 0.25) is 0 Å². The lowest BCUT2D eigenvalue weighted by Crippen LogP contribution is -2.27. The second kappa shape index (κ2) is 3.81. The molecule has 0 aliphatic carbocycles. The number of nitrogens with zero attached hydrogens (tertiary/aromatic N) is 2. The van der Waals surface area contributed by atoms with Crippen LogP contribution >= 0.6 is 0 Å². The van der Waals surface area contributed by atoms with Crippen molar-refractivity contribution in [3.63, 3.8) is 0 Å². The Hall–Kier alpha value is -2.88. The van der Waals surface area contributed by atoms with Crippen LogP contribution in [0.3, 0.4) is 0 Å². The maximum absolute atomic E-state index is 12.2. The summed E-state index contributed by atoms with van der Waals surface area (Å²) in [5.74, 6) is -0.747. The highest BCUT2D eigenvalue weighted by molar-refractivity contribution is 6.43. The molecule has 4 rings (SSSR count). The Balaban J connectivity index is 2.22. The lowest BCUT2D eigenvalue weighted by atomic mass is 10.0. The van der Waals surface area contributed by atoms with E-state index in [9.17, 15) is 9.59 Å². The lowest BCUT2D eigenvalue weighted by molar-refractivity contribution is -0.114. The zero-order chi connectivity index (χ0) is 13.7. The van der Waals surface area contributed by atoms with Crippen molar-refractivity contribution in [3.05, 3.63) is 69.7 Å². The molecule has 94 valence electrons. The van der Waals surface area contributed by atoms with Crippen molar-refractivity contribution >= 4 is 23.0 Å². The van der Waals surface area contributed by atoms with Gasteiger partial charge in [0, 0.05) is 10.4 Å². The molecule has 0 aromatic heterocycles. The fraction of sp³-hybridized carbons (Fsp3) is 0. The van der Waals surface area contributed by atoms with Gasteiger partial charge in [-0.05, 0) is 12.1 Å². The van der Waals surface area contributed by atoms with Gasteiger partial charge in [-0.15, -0.1) is 0 Å². The smallest absolute Gasteiger partial charge is 0.267 e. The van der Waals surface area contributed by atoms with Crippen molar-refractivity contribution in [2.75, 3.05) is 0 Å². The molecule has 0 saturated heterocycles. The van der Waals surface area contributed by atoms with Gasteiger partial charge in [-0.3, -0.25) is 9.59 Å². The normalized spacial score (nSPS) is 15.8. The summed E-state index contributed by atoms with van der Waals surface area (Å²) in [4.78, 5) is 32.3. The number of hydrogen-bond acceptors (Lipinski definition) is 2. The number of rotatable bonds is 1. The minimum atomic E-state index is -0.374. The van der Waals surface area contributed by atoms with E-state index in [1.807, 2.05) is 24.3 Å². The Kier molecular flexibility index (Phi) is 2.09. The first-order valence-electron chi connectivity index (χ1n) is 6.21. The predicted molar refractivity (Wildman–Crippen MR) is 71.3 cm³/mol. The number of hydrogen-bond donors (Lipinski definition) is 0. The van der Waals surface area contributed by atoms with E-state index in [0.29, 0.717) is 32.3 Å². The first-order valence-corrected chi connectivity index (χ1v) is 6.21. The summed E-state index contributed by atoms with van der Waals surface area (Å²) >= 11 is 0. The third kappa shape index (κ3) is 1.36. The Morgan fingerprint density at radius 1 is 0.600 bits per heavy atom. The van der Waals surface area contributed by atoms with E-state index >= 15 is 0 Å². The zero-order valence-corrected chi connectivity index (χ0v) is 10.3. The van der Waals surface area contributed by atoms with E-state index in [1.54, 1.807) is 24.3 Å². The Bertz CT molecular complexity index is 947. The minimum Gasteiger partial charge on any atom is -0.267 e. The Morgan fingerprint density at radius 3 is 1.45 bits per heavy atom. The third-order valence-corrected chi connectivity index (χ3v) is 3.47. The van der Waals surface area contributed by atoms with E-state index < -0.39 is 0 Å². The number of fused-ring (bicyclic) bond motifs is 2. The van der Waals surface area contributed by atoms with E-state index in [4.69, 9.17) is 0 Å². The van der Waals surface area contributed by atoms with Crippen LogP contribution in [0.25, 0.3) is 11.1 Å². The number of benzene rings is 2. The molecule has 2 heterocycles. The monoisotopic (exact) mass is 260 g/mol. The van der Waals surface area contributed by atoms with Crippen LogP contribution in [-0.2, 0) is 9.59 Å². The van der Waals surface area contributed by atoms with Gasteiger partial charge in [-0.25, -0.2) is 9.98 Å². The second-order valence-electron chi connectivity index (χ2n) is 4.62. The summed E-state index contributed by atoms with van der Waals surface area (Å²) in [7, 11) is 0. The molecule has 2 aromatic rings. The molecule has 0 spiro atoms. The van der Waals surface area contributed by atoms with E-state index in [2.05, 4.69) is 9.98 Å². The first-order chi connectivity index (χ1) is 9.75. The van der Waals surface area contributed by atoms with Gasteiger partial charge in [0.1, 0.15) is 0 Å². The van der Waals surface area contributed by atoms with Crippen LogP contribution in [0, 0.1) is 0 Å². The molecule has 2 amide bonds. The molecule has 2 aliphatic heterocycles. The Morgan fingerprint density at radius 2 is 1.00 bits per heavy atom. The number of para-hydroxylation sites is 2. The van der Waals surface area contributed by atoms with Gasteiger partial charge in [0.15, 0.2) is 0 Å². The fourth-order valence-corrected chi connectivity index (χ4v) is 2.61. The summed E-state index contributed by atoms with van der Waals surface area (Å²) in [5, 5.41) is 2.62. The number of carbonyl (C=O) groups excluding carboxylic acids is 2. The second-order valence-corrected chi connectivity index (χ2v) is 4.62. The first kappa shape index (κ1) is 11.0. The van der Waals surface area contributed by atoms with Gasteiger partial charge < -0.3 is 0 Å². The maximum Gasteiger partial charge on any atom is 0.279 e. The van der Waals surface area contributed by atoms with Gasteiger partial charge in [-0.2, -0.15) is 0 Å². The zero-order valence-electron chi connectivity index (χ0n) is 10.3. The topological polar surface area (TPSA) is 58.9 Å². The van der Waals surface area contributed by atoms with Crippen molar-refractivity contribution in [2.24, 2.45) is 9.98 Å². The van der Waals surface area contributed by atoms with E-state index in [0.717, 1.165) is 0 Å². The quantitative estimate of drug-likeness (QED) is 0.661. The van der Waals surface area contributed by atoms with E-state index in [-0.39, 0.29) is 11.8 Å². The van der Waals surface area contributed by atoms with Gasteiger partial charge in [-0.1, -0.05) is 36.4 Å². The molecule has 0 fully saturated rings. The largest absolute Gasteiger partial charge is 0.279 e. The van der Waals surface area contributed by atoms with Crippen LogP contribution in [0.4, 0.5) is 0 Å². The van der Waals surface area contributed by atoms with Gasteiger partial charge in [0.05, 0.1) is 21.9 Å². The van der Waals surface area contributed by atoms with Crippen molar-refractivity contribution < 1.29 is 9.59 Å². The third-order valence-electron chi connectivity index (χ3n) is 3.47. The maximum atomic E-state index is 12.2. The molecule has 20 heavy (non-hydrogen) atoms. The molecule has 4 heteroatoms. The molecule has 0 bridgehead atoms. The van der Waals surface area contributed by atoms with E-state index in [1.165, 1.54) is 0 Å². The van der Waals surface area contributed by atoms with Crippen molar-refractivity contribution in [2.45, 2.75) is 0 Å². The molecule has 0 radical (unpaired) electrons. The summed E-state index contributed by atoms with van der Waals surface area (Å²) < 4.78 is 0. The van der Waals surface area contributed by atoms with Crippen LogP contribution in [0.5, 0.6) is 0 Å². The van der Waals surface area contributed by atoms with Crippen molar-refractivity contribution in [3.8, 4) is 0 Å². The number of amides is 2. The summed E-state index contributed by atoms with van der Waals surface area (Å²) in [6, 6.07) is 14.4. The summed E-state index contributed by atoms with van der Waals surface area (Å²) in [6.45, 7) is 0. The van der Waals surface area contributed by atoms with Crippen molar-refractivity contribution in [1.29, 1.82) is 0 Å². The molecule has 2 aliphatic rings. The molecular formula is C16H8N2O2. The Labute approximate surface area is 113 Å². The standard InChI is InChI=1S/C16H8N2O2/c19-15-13(9-5-1-3-7-11(9)17-15)14-10-6-2-4-8-12(10)18-16(14)20/h1-8H. The average Bonchev–Trinajstić information content (AvgIpc) is 2.94. The van der Waals surface area contributed by atoms with Crippen molar-refractivity contribution in [1.82, 2.24) is 0 Å². The molecule has 2 aromatic carbocycles. The van der Waals surface area contributed by atoms with Crippen LogP contribution < -0.4 is 21.2 Å². The molecule has 4 nitrogen and oxygen atoms in total. The highest BCUT2D eigenvalue weighted by Gasteiger charge is 2.27. The molecule has 0 saturated carbocycles. The SMILES string of the molecule is O=C1N=c2ccccc2=C1C1=c2ccccc2=NC1=O. The predicted octanol–water partition coefficient (Wildman–Crippen LogP) is -0.992. The molecular weight excluding hydrogens is 252 g/mol. The lowest BCUT2D eigenvalue weighted by Gasteiger charge is -1.98. The molecule has 0 unspecified atom stereocenters. The minimum absolute atomic E-state index is 0.360. The van der Waals surface area contributed by atoms with Crippen LogP contribution in [-0.4, -0.2) is 11.8 Å². The van der Waals surface area contributed by atoms with Gasteiger partial charge >= 0.3 is 0 Å². The summed E-state index contributed by atoms with van der Waals surface area (Å²) in [6.07, 6.45) is 0. The van der Waals surface area contributed by atoms with Crippen LogP contribution in [0.15, 0.2) is 58.5 Å².